The zero-order chi connectivity index (χ0) is 17.3. The molecule has 128 valence electrons. The molecule has 6 nitrogen and oxygen atoms in total. The molecule has 24 heavy (non-hydrogen) atoms. The Morgan fingerprint density at radius 1 is 1.38 bits per heavy atom. The van der Waals surface area contributed by atoms with E-state index >= 15 is 0 Å². The van der Waals surface area contributed by atoms with Crippen molar-refractivity contribution in [2.45, 2.75) is 13.8 Å². The molecule has 1 aromatic heterocycles. The maximum Gasteiger partial charge on any atom is 0.236 e. The molecule has 2 heterocycles. The predicted molar refractivity (Wildman–Crippen MR) is 91.9 cm³/mol. The average molecular weight is 329 g/mol. The summed E-state index contributed by atoms with van der Waals surface area (Å²) in [6.45, 7) is 5.04. The normalized spacial score (nSPS) is 15.9. The molecule has 0 radical (unpaired) electrons. The van der Waals surface area contributed by atoms with E-state index in [0.717, 1.165) is 17.0 Å². The van der Waals surface area contributed by atoms with Crippen LogP contribution in [0.5, 0.6) is 5.75 Å². The molecule has 0 spiro atoms. The van der Waals surface area contributed by atoms with Gasteiger partial charge in [-0.15, -0.1) is 0 Å². The highest BCUT2D eigenvalue weighted by atomic mass is 16.5. The van der Waals surface area contributed by atoms with E-state index in [1.54, 1.807) is 11.8 Å². The van der Waals surface area contributed by atoms with Crippen LogP contribution in [0.15, 0.2) is 30.3 Å². The van der Waals surface area contributed by atoms with Crippen LogP contribution in [0, 0.1) is 11.3 Å². The molecule has 1 N–H and O–H groups in total. The molecule has 1 aromatic carbocycles. The van der Waals surface area contributed by atoms with Gasteiger partial charge in [-0.05, 0) is 18.1 Å². The van der Waals surface area contributed by atoms with Gasteiger partial charge in [0.1, 0.15) is 11.6 Å². The van der Waals surface area contributed by atoms with E-state index in [4.69, 9.17) is 9.47 Å². The number of nitrogens with zero attached hydrogens (tertiary/aromatic N) is 2. The van der Waals surface area contributed by atoms with Crippen LogP contribution in [0.25, 0.3) is 11.3 Å². The van der Waals surface area contributed by atoms with Gasteiger partial charge in [0.05, 0.1) is 31.4 Å². The Morgan fingerprint density at radius 3 is 2.71 bits per heavy atom. The van der Waals surface area contributed by atoms with Crippen LogP contribution in [0.3, 0.4) is 0 Å². The summed E-state index contributed by atoms with van der Waals surface area (Å²) in [4.78, 5) is 12.7. The van der Waals surface area contributed by atoms with E-state index in [1.807, 2.05) is 51.2 Å². The van der Waals surface area contributed by atoms with E-state index in [9.17, 15) is 4.79 Å². The van der Waals surface area contributed by atoms with Crippen LogP contribution in [0.4, 0.5) is 5.82 Å². The molecule has 6 heteroatoms. The third-order valence-corrected chi connectivity index (χ3v) is 4.76. The number of ether oxygens (including phenoxy) is 2. The topological polar surface area (TPSA) is 65.4 Å². The number of carbonyl (C=O) groups is 1. The molecule has 1 aliphatic rings. The lowest BCUT2D eigenvalue weighted by Gasteiger charge is -2.42. The van der Waals surface area contributed by atoms with Gasteiger partial charge in [-0.1, -0.05) is 26.0 Å². The molecule has 0 unspecified atom stereocenters. The summed E-state index contributed by atoms with van der Waals surface area (Å²) in [5, 5.41) is 7.50. The Kier molecular flexibility index (Phi) is 4.32. The number of methoxy groups -OCH3 is 1. The largest absolute Gasteiger partial charge is 0.497 e. The third kappa shape index (κ3) is 2.78. The molecule has 0 bridgehead atoms. The van der Waals surface area contributed by atoms with Crippen LogP contribution < -0.4 is 10.1 Å². The minimum atomic E-state index is -0.444. The molecule has 0 saturated carbocycles. The third-order valence-electron chi connectivity index (χ3n) is 4.76. The highest BCUT2D eigenvalue weighted by Gasteiger charge is 2.48. The smallest absolute Gasteiger partial charge is 0.236 e. The molecule has 1 aliphatic heterocycles. The Balaban J connectivity index is 1.83. The molecule has 1 saturated heterocycles. The molecular weight excluding hydrogens is 306 g/mol. The van der Waals surface area contributed by atoms with Gasteiger partial charge in [-0.2, -0.15) is 5.10 Å². The summed E-state index contributed by atoms with van der Waals surface area (Å²) in [5.74, 6) is 1.65. The number of amides is 1. The summed E-state index contributed by atoms with van der Waals surface area (Å²) in [5.41, 5.74) is 1.28. The van der Waals surface area contributed by atoms with Gasteiger partial charge in [0, 0.05) is 18.7 Å². The number of aryl methyl sites for hydroxylation is 1. The number of rotatable bonds is 5. The van der Waals surface area contributed by atoms with Gasteiger partial charge in [0.2, 0.25) is 5.91 Å². The summed E-state index contributed by atoms with van der Waals surface area (Å²) in [6, 6.07) is 9.56. The van der Waals surface area contributed by atoms with Crippen molar-refractivity contribution in [3.05, 3.63) is 30.3 Å². The SMILES string of the molecule is COc1cccc(-c2cc(NC(=O)C3(C(C)C)COC3)n(C)n2)c1. The summed E-state index contributed by atoms with van der Waals surface area (Å²) in [6.07, 6.45) is 0. The second kappa shape index (κ2) is 6.28. The number of aromatic nitrogens is 2. The second-order valence-electron chi connectivity index (χ2n) is 6.53. The van der Waals surface area contributed by atoms with Crippen molar-refractivity contribution in [3.63, 3.8) is 0 Å². The summed E-state index contributed by atoms with van der Waals surface area (Å²) in [7, 11) is 3.45. The molecule has 1 fully saturated rings. The van der Waals surface area contributed by atoms with Gasteiger partial charge in [-0.25, -0.2) is 0 Å². The zero-order valence-corrected chi connectivity index (χ0v) is 14.5. The standard InChI is InChI=1S/C18H23N3O3/c1-12(2)18(10-24-11-18)17(22)19-16-9-15(20-21(16)3)13-6-5-7-14(8-13)23-4/h5-9,12H,10-11H2,1-4H3,(H,19,22). The van der Waals surface area contributed by atoms with E-state index in [1.165, 1.54) is 0 Å². The lowest BCUT2D eigenvalue weighted by atomic mass is 9.74. The average Bonchev–Trinajstić information content (AvgIpc) is 2.87. The van der Waals surface area contributed by atoms with Crippen LogP contribution in [-0.4, -0.2) is 36.0 Å². The number of nitrogens with one attached hydrogen (secondary N) is 1. The maximum absolute atomic E-state index is 12.7. The number of hydrogen-bond acceptors (Lipinski definition) is 4. The van der Waals surface area contributed by atoms with Crippen molar-refractivity contribution in [2.24, 2.45) is 18.4 Å². The lowest BCUT2D eigenvalue weighted by Crippen LogP contribution is -2.55. The minimum absolute atomic E-state index is 0.0102. The first-order valence-electron chi connectivity index (χ1n) is 8.04. The van der Waals surface area contributed by atoms with E-state index in [0.29, 0.717) is 19.0 Å². The fourth-order valence-electron chi connectivity index (χ4n) is 2.80. The van der Waals surface area contributed by atoms with Crippen LogP contribution in [0.2, 0.25) is 0 Å². The molecular formula is C18H23N3O3. The number of anilines is 1. The molecule has 3 rings (SSSR count). The Morgan fingerprint density at radius 2 is 2.12 bits per heavy atom. The Labute approximate surface area is 141 Å². The van der Waals surface area contributed by atoms with Crippen molar-refractivity contribution >= 4 is 11.7 Å². The highest BCUT2D eigenvalue weighted by Crippen LogP contribution is 2.37. The molecule has 2 aromatic rings. The molecule has 0 atom stereocenters. The van der Waals surface area contributed by atoms with Gasteiger partial charge < -0.3 is 14.8 Å². The van der Waals surface area contributed by atoms with Gasteiger partial charge in [-0.3, -0.25) is 9.48 Å². The predicted octanol–water partition coefficient (Wildman–Crippen LogP) is 2.71. The number of benzene rings is 1. The van der Waals surface area contributed by atoms with E-state index in [2.05, 4.69) is 10.4 Å². The van der Waals surface area contributed by atoms with Crippen LogP contribution in [0.1, 0.15) is 13.8 Å². The summed E-state index contributed by atoms with van der Waals surface area (Å²) < 4.78 is 12.2. The quantitative estimate of drug-likeness (QED) is 0.916. The van der Waals surface area contributed by atoms with Gasteiger partial charge in [0.15, 0.2) is 0 Å². The first-order chi connectivity index (χ1) is 11.5. The van der Waals surface area contributed by atoms with Crippen molar-refractivity contribution in [3.8, 4) is 17.0 Å². The zero-order valence-electron chi connectivity index (χ0n) is 14.5. The number of hydrogen-bond donors (Lipinski definition) is 1. The number of carbonyl (C=O) groups excluding carboxylic acids is 1. The van der Waals surface area contributed by atoms with E-state index < -0.39 is 5.41 Å². The monoisotopic (exact) mass is 329 g/mol. The first-order valence-corrected chi connectivity index (χ1v) is 8.04. The van der Waals surface area contributed by atoms with E-state index in [-0.39, 0.29) is 11.8 Å². The highest BCUT2D eigenvalue weighted by molar-refractivity contribution is 5.96. The molecule has 0 aliphatic carbocycles. The van der Waals surface area contributed by atoms with Crippen molar-refractivity contribution < 1.29 is 14.3 Å². The van der Waals surface area contributed by atoms with Crippen molar-refractivity contribution in [1.29, 1.82) is 0 Å². The van der Waals surface area contributed by atoms with Crippen LogP contribution >= 0.6 is 0 Å². The fourth-order valence-corrected chi connectivity index (χ4v) is 2.80. The van der Waals surface area contributed by atoms with Gasteiger partial charge in [0.25, 0.3) is 0 Å². The van der Waals surface area contributed by atoms with Crippen molar-refractivity contribution in [1.82, 2.24) is 9.78 Å². The summed E-state index contributed by atoms with van der Waals surface area (Å²) >= 11 is 0. The minimum Gasteiger partial charge on any atom is -0.497 e. The fraction of sp³-hybridized carbons (Fsp3) is 0.444. The Hall–Kier alpha value is -2.34. The lowest BCUT2D eigenvalue weighted by molar-refractivity contribution is -0.166. The second-order valence-corrected chi connectivity index (χ2v) is 6.53. The van der Waals surface area contributed by atoms with Crippen molar-refractivity contribution in [2.75, 3.05) is 25.6 Å². The molecule has 1 amide bonds. The Bertz CT molecular complexity index is 748. The maximum atomic E-state index is 12.7. The van der Waals surface area contributed by atoms with Gasteiger partial charge >= 0.3 is 0 Å². The first kappa shape index (κ1) is 16.5. The van der Waals surface area contributed by atoms with Crippen LogP contribution in [-0.2, 0) is 16.6 Å².